The van der Waals surface area contributed by atoms with Crippen LogP contribution in [-0.2, 0) is 11.2 Å². The van der Waals surface area contributed by atoms with Gasteiger partial charge in [-0.05, 0) is 29.0 Å². The predicted octanol–water partition coefficient (Wildman–Crippen LogP) is 6.04. The summed E-state index contributed by atoms with van der Waals surface area (Å²) in [6, 6.07) is 16.6. The summed E-state index contributed by atoms with van der Waals surface area (Å²) in [6.07, 6.45) is 1.70. The molecule has 0 radical (unpaired) electrons. The number of ether oxygens (including phenoxy) is 1. The van der Waals surface area contributed by atoms with Gasteiger partial charge in [0.15, 0.2) is 0 Å². The van der Waals surface area contributed by atoms with E-state index in [4.69, 9.17) is 32.4 Å². The molecule has 0 spiro atoms. The number of furan rings is 1. The first-order chi connectivity index (χ1) is 12.1. The van der Waals surface area contributed by atoms with Crippen molar-refractivity contribution in [3.8, 4) is 5.75 Å². The van der Waals surface area contributed by atoms with Crippen molar-refractivity contribution in [2.45, 2.75) is 6.42 Å². The maximum atomic E-state index is 12.3. The van der Waals surface area contributed by atoms with Crippen molar-refractivity contribution in [1.82, 2.24) is 0 Å². The minimum Gasteiger partial charge on any atom is -0.464 e. The fraction of sp³-hybridized carbons (Fsp3) is 0.0500. The molecule has 0 aliphatic rings. The number of esters is 1. The second-order valence-corrected chi connectivity index (χ2v) is 6.46. The zero-order valence-electron chi connectivity index (χ0n) is 13.0. The second-order valence-electron chi connectivity index (χ2n) is 5.65. The van der Waals surface area contributed by atoms with Crippen molar-refractivity contribution in [2.75, 3.05) is 0 Å². The number of fused-ring (bicyclic) bond motifs is 3. The molecule has 0 unspecified atom stereocenters. The molecule has 3 nitrogen and oxygen atoms in total. The van der Waals surface area contributed by atoms with Crippen molar-refractivity contribution >= 4 is 50.9 Å². The van der Waals surface area contributed by atoms with Crippen LogP contribution in [0, 0.1) is 0 Å². The van der Waals surface area contributed by atoms with Crippen LogP contribution in [0.4, 0.5) is 0 Å². The summed E-state index contributed by atoms with van der Waals surface area (Å²) in [6.45, 7) is 0. The molecule has 0 saturated heterocycles. The van der Waals surface area contributed by atoms with E-state index in [0.717, 1.165) is 27.3 Å². The third-order valence-corrected chi connectivity index (χ3v) is 4.74. The summed E-state index contributed by atoms with van der Waals surface area (Å²) in [5.74, 6) is -0.0360. The number of hydrogen-bond acceptors (Lipinski definition) is 3. The average Bonchev–Trinajstić information content (AvgIpc) is 3.01. The summed E-state index contributed by atoms with van der Waals surface area (Å²) in [7, 11) is 0. The molecule has 25 heavy (non-hydrogen) atoms. The summed E-state index contributed by atoms with van der Waals surface area (Å²) in [5, 5.41) is 3.83. The van der Waals surface area contributed by atoms with E-state index in [1.165, 1.54) is 6.07 Å². The molecule has 4 rings (SSSR count). The predicted molar refractivity (Wildman–Crippen MR) is 99.5 cm³/mol. The van der Waals surface area contributed by atoms with Crippen molar-refractivity contribution in [3.63, 3.8) is 0 Å². The Morgan fingerprint density at radius 3 is 2.68 bits per heavy atom. The molecule has 0 bridgehead atoms. The van der Waals surface area contributed by atoms with Crippen LogP contribution in [-0.4, -0.2) is 5.97 Å². The molecule has 0 aliphatic carbocycles. The number of carbonyl (C=O) groups excluding carboxylic acids is 1. The third kappa shape index (κ3) is 3.09. The van der Waals surface area contributed by atoms with Crippen LogP contribution in [0.5, 0.6) is 5.75 Å². The first kappa shape index (κ1) is 16.0. The first-order valence-electron chi connectivity index (χ1n) is 7.65. The van der Waals surface area contributed by atoms with Gasteiger partial charge in [-0.2, -0.15) is 0 Å². The smallest absolute Gasteiger partial charge is 0.315 e. The Hall–Kier alpha value is -2.49. The molecule has 1 heterocycles. The summed E-state index contributed by atoms with van der Waals surface area (Å²) < 4.78 is 11.0. The first-order valence-corrected chi connectivity index (χ1v) is 8.41. The van der Waals surface area contributed by atoms with Gasteiger partial charge in [0.25, 0.3) is 0 Å². The van der Waals surface area contributed by atoms with Gasteiger partial charge in [0.1, 0.15) is 11.3 Å². The minimum atomic E-state index is -0.394. The number of halogens is 2. The van der Waals surface area contributed by atoms with E-state index >= 15 is 0 Å². The normalized spacial score (nSPS) is 11.1. The average molecular weight is 371 g/mol. The Labute approximate surface area is 153 Å². The standard InChI is InChI=1S/C20H12Cl2O3/c21-16-7-6-14(10-17(16)22)25-19(23)9-13-11-24-18-8-5-12-3-1-2-4-15(12)20(13)18/h1-8,10-11H,9H2. The summed E-state index contributed by atoms with van der Waals surface area (Å²) >= 11 is 11.8. The molecule has 124 valence electrons. The number of hydrogen-bond donors (Lipinski definition) is 0. The highest BCUT2D eigenvalue weighted by Crippen LogP contribution is 2.31. The third-order valence-electron chi connectivity index (χ3n) is 4.00. The van der Waals surface area contributed by atoms with Crippen LogP contribution in [0.1, 0.15) is 5.56 Å². The largest absolute Gasteiger partial charge is 0.464 e. The van der Waals surface area contributed by atoms with Gasteiger partial charge in [-0.15, -0.1) is 0 Å². The van der Waals surface area contributed by atoms with E-state index in [1.54, 1.807) is 18.4 Å². The van der Waals surface area contributed by atoms with Crippen LogP contribution in [0.2, 0.25) is 10.0 Å². The van der Waals surface area contributed by atoms with Crippen LogP contribution in [0.3, 0.4) is 0 Å². The van der Waals surface area contributed by atoms with E-state index in [0.29, 0.717) is 15.8 Å². The zero-order chi connectivity index (χ0) is 17.4. The molecule has 3 aromatic carbocycles. The number of carbonyl (C=O) groups is 1. The second kappa shape index (κ2) is 6.43. The molecule has 0 fully saturated rings. The maximum absolute atomic E-state index is 12.3. The van der Waals surface area contributed by atoms with Crippen LogP contribution in [0.15, 0.2) is 65.3 Å². The summed E-state index contributed by atoms with van der Waals surface area (Å²) in [5.41, 5.74) is 1.54. The van der Waals surface area contributed by atoms with Gasteiger partial charge in [0.2, 0.25) is 0 Å². The van der Waals surface area contributed by atoms with Gasteiger partial charge >= 0.3 is 5.97 Å². The Bertz CT molecular complexity index is 1100. The van der Waals surface area contributed by atoms with Crippen molar-refractivity contribution in [2.24, 2.45) is 0 Å². The summed E-state index contributed by atoms with van der Waals surface area (Å²) in [4.78, 5) is 12.3. The van der Waals surface area contributed by atoms with E-state index in [9.17, 15) is 4.79 Å². The molecule has 0 N–H and O–H groups in total. The van der Waals surface area contributed by atoms with Gasteiger partial charge in [0, 0.05) is 17.0 Å². The van der Waals surface area contributed by atoms with Gasteiger partial charge in [-0.1, -0.05) is 53.5 Å². The SMILES string of the molecule is O=C(Cc1coc2ccc3ccccc3c12)Oc1ccc(Cl)c(Cl)c1. The van der Waals surface area contributed by atoms with Crippen molar-refractivity contribution in [3.05, 3.63) is 76.5 Å². The monoisotopic (exact) mass is 370 g/mol. The van der Waals surface area contributed by atoms with Gasteiger partial charge in [0.05, 0.1) is 22.7 Å². The van der Waals surface area contributed by atoms with Crippen molar-refractivity contribution in [1.29, 1.82) is 0 Å². The molecule has 0 saturated carbocycles. The lowest BCUT2D eigenvalue weighted by molar-refractivity contribution is -0.133. The maximum Gasteiger partial charge on any atom is 0.315 e. The quantitative estimate of drug-likeness (QED) is 0.326. The lowest BCUT2D eigenvalue weighted by atomic mass is 10.0. The Morgan fingerprint density at radius 2 is 1.84 bits per heavy atom. The number of benzene rings is 3. The van der Waals surface area contributed by atoms with Gasteiger partial charge < -0.3 is 9.15 Å². The zero-order valence-corrected chi connectivity index (χ0v) is 14.5. The van der Waals surface area contributed by atoms with Gasteiger partial charge in [-0.3, -0.25) is 4.79 Å². The van der Waals surface area contributed by atoms with Crippen LogP contribution in [0.25, 0.3) is 21.7 Å². The highest BCUT2D eigenvalue weighted by atomic mass is 35.5. The van der Waals surface area contributed by atoms with E-state index in [1.807, 2.05) is 36.4 Å². The number of rotatable bonds is 3. The molecule has 1 aromatic heterocycles. The highest BCUT2D eigenvalue weighted by molar-refractivity contribution is 6.42. The molecule has 4 aromatic rings. The van der Waals surface area contributed by atoms with E-state index in [2.05, 4.69) is 0 Å². The minimum absolute atomic E-state index is 0.0985. The highest BCUT2D eigenvalue weighted by Gasteiger charge is 2.15. The molecule has 0 aliphatic heterocycles. The van der Waals surface area contributed by atoms with E-state index < -0.39 is 5.97 Å². The molecular weight excluding hydrogens is 359 g/mol. The molecular formula is C20H12Cl2O3. The molecule has 5 heteroatoms. The Morgan fingerprint density at radius 1 is 1.00 bits per heavy atom. The fourth-order valence-electron chi connectivity index (χ4n) is 2.87. The fourth-order valence-corrected chi connectivity index (χ4v) is 3.16. The Balaban J connectivity index is 1.65. The molecule has 0 atom stereocenters. The van der Waals surface area contributed by atoms with Crippen LogP contribution >= 0.6 is 23.2 Å². The molecule has 0 amide bonds. The van der Waals surface area contributed by atoms with Gasteiger partial charge in [-0.25, -0.2) is 0 Å². The van der Waals surface area contributed by atoms with E-state index in [-0.39, 0.29) is 6.42 Å². The van der Waals surface area contributed by atoms with Crippen molar-refractivity contribution < 1.29 is 13.9 Å². The lowest BCUT2D eigenvalue weighted by Gasteiger charge is -2.05. The lowest BCUT2D eigenvalue weighted by Crippen LogP contribution is -2.11. The Kier molecular flexibility index (Phi) is 4.12. The topological polar surface area (TPSA) is 39.4 Å². The van der Waals surface area contributed by atoms with Crippen LogP contribution < -0.4 is 4.74 Å².